The normalized spacial score (nSPS) is 29.3. The van der Waals surface area contributed by atoms with E-state index in [0.29, 0.717) is 23.6 Å². The number of hydrogen-bond donors (Lipinski definition) is 1. The molecule has 4 atom stereocenters. The van der Waals surface area contributed by atoms with Crippen molar-refractivity contribution in [3.05, 3.63) is 12.7 Å². The minimum atomic E-state index is -0.227. The number of anilines is 1. The Hall–Kier alpha value is -1.77. The molecule has 8 nitrogen and oxygen atoms in total. The Morgan fingerprint density at radius 3 is 2.86 bits per heavy atom. The first kappa shape index (κ1) is 14.2. The minimum absolute atomic E-state index is 0.0495. The molecular formula is C13H19N5O3. The minimum Gasteiger partial charge on any atom is -0.382 e. The summed E-state index contributed by atoms with van der Waals surface area (Å²) in [5.74, 6) is 0.491. The Morgan fingerprint density at radius 1 is 1.33 bits per heavy atom. The summed E-state index contributed by atoms with van der Waals surface area (Å²) in [6.07, 6.45) is 2.70. The number of ether oxygens (including phenoxy) is 3. The number of nitrogens with two attached hydrogens (primary N) is 1. The van der Waals surface area contributed by atoms with E-state index in [1.165, 1.54) is 6.33 Å². The number of methoxy groups -OCH3 is 2. The summed E-state index contributed by atoms with van der Waals surface area (Å²) in [4.78, 5) is 12.5. The van der Waals surface area contributed by atoms with Gasteiger partial charge < -0.3 is 19.9 Å². The van der Waals surface area contributed by atoms with Crippen molar-refractivity contribution in [3.63, 3.8) is 0 Å². The van der Waals surface area contributed by atoms with Crippen LogP contribution >= 0.6 is 0 Å². The summed E-state index contributed by atoms with van der Waals surface area (Å²) in [6, 6.07) is 0. The second-order valence-corrected chi connectivity index (χ2v) is 5.16. The van der Waals surface area contributed by atoms with E-state index < -0.39 is 0 Å². The van der Waals surface area contributed by atoms with Crippen LogP contribution < -0.4 is 5.73 Å². The number of rotatable bonds is 4. The summed E-state index contributed by atoms with van der Waals surface area (Å²) >= 11 is 0. The Labute approximate surface area is 122 Å². The summed E-state index contributed by atoms with van der Waals surface area (Å²) in [5, 5.41) is 0. The third kappa shape index (κ3) is 2.25. The van der Waals surface area contributed by atoms with Gasteiger partial charge in [-0.3, -0.25) is 4.57 Å². The number of imidazole rings is 1. The fourth-order valence-electron chi connectivity index (χ4n) is 2.92. The molecule has 0 aromatic carbocycles. The third-order valence-corrected chi connectivity index (χ3v) is 3.91. The van der Waals surface area contributed by atoms with E-state index >= 15 is 0 Å². The topological polar surface area (TPSA) is 97.3 Å². The zero-order valence-electron chi connectivity index (χ0n) is 12.3. The molecule has 4 unspecified atom stereocenters. The molecule has 0 amide bonds. The van der Waals surface area contributed by atoms with Crippen LogP contribution in [0.1, 0.15) is 13.2 Å². The van der Waals surface area contributed by atoms with Gasteiger partial charge in [-0.2, -0.15) is 0 Å². The second kappa shape index (κ2) is 5.55. The van der Waals surface area contributed by atoms with Gasteiger partial charge in [0.1, 0.15) is 24.2 Å². The second-order valence-electron chi connectivity index (χ2n) is 5.16. The smallest absolute Gasteiger partial charge is 0.167 e. The zero-order chi connectivity index (χ0) is 15.0. The lowest BCUT2D eigenvalue weighted by atomic mass is 10.0. The number of nitrogens with zero attached hydrogens (tertiary/aromatic N) is 4. The lowest BCUT2D eigenvalue weighted by Gasteiger charge is -2.19. The van der Waals surface area contributed by atoms with Crippen LogP contribution in [-0.2, 0) is 14.2 Å². The van der Waals surface area contributed by atoms with Crippen LogP contribution in [0, 0.1) is 5.92 Å². The molecule has 1 aliphatic rings. The van der Waals surface area contributed by atoms with E-state index in [1.54, 1.807) is 20.5 Å². The van der Waals surface area contributed by atoms with Gasteiger partial charge in [-0.1, -0.05) is 6.92 Å². The summed E-state index contributed by atoms with van der Waals surface area (Å²) in [5.41, 5.74) is 7.06. The monoisotopic (exact) mass is 293 g/mol. The van der Waals surface area contributed by atoms with Crippen molar-refractivity contribution < 1.29 is 14.2 Å². The highest BCUT2D eigenvalue weighted by Crippen LogP contribution is 2.37. The van der Waals surface area contributed by atoms with Gasteiger partial charge in [0.25, 0.3) is 0 Å². The summed E-state index contributed by atoms with van der Waals surface area (Å²) < 4.78 is 18.7. The number of nitrogen functional groups attached to an aromatic ring is 1. The lowest BCUT2D eigenvalue weighted by molar-refractivity contribution is -0.0600. The maximum atomic E-state index is 6.08. The fraction of sp³-hybridized carbons (Fsp3) is 0.615. The van der Waals surface area contributed by atoms with Crippen LogP contribution in [0.15, 0.2) is 12.7 Å². The molecule has 1 aliphatic heterocycles. The van der Waals surface area contributed by atoms with Crippen molar-refractivity contribution in [3.8, 4) is 0 Å². The number of fused-ring (bicyclic) bond motifs is 1. The highest BCUT2D eigenvalue weighted by molar-refractivity contribution is 5.81. The summed E-state index contributed by atoms with van der Waals surface area (Å²) in [6.45, 7) is 2.55. The van der Waals surface area contributed by atoms with Crippen molar-refractivity contribution in [2.75, 3.05) is 26.6 Å². The van der Waals surface area contributed by atoms with Crippen LogP contribution in [0.5, 0.6) is 0 Å². The van der Waals surface area contributed by atoms with E-state index in [1.807, 2.05) is 4.57 Å². The van der Waals surface area contributed by atoms with E-state index in [2.05, 4.69) is 21.9 Å². The predicted octanol–water partition coefficient (Wildman–Crippen LogP) is 0.603. The molecule has 2 aromatic rings. The number of aromatic nitrogens is 4. The van der Waals surface area contributed by atoms with Gasteiger partial charge in [0, 0.05) is 20.1 Å². The largest absolute Gasteiger partial charge is 0.382 e. The van der Waals surface area contributed by atoms with Crippen molar-refractivity contribution in [2.45, 2.75) is 25.4 Å². The molecule has 21 heavy (non-hydrogen) atoms. The molecule has 3 heterocycles. The molecule has 2 N–H and O–H groups in total. The van der Waals surface area contributed by atoms with Gasteiger partial charge in [-0.05, 0) is 0 Å². The molecule has 8 heteroatoms. The molecule has 0 bridgehead atoms. The molecule has 1 saturated heterocycles. The highest BCUT2D eigenvalue weighted by atomic mass is 16.6. The van der Waals surface area contributed by atoms with Gasteiger partial charge in [0.2, 0.25) is 0 Å². The molecular weight excluding hydrogens is 274 g/mol. The van der Waals surface area contributed by atoms with E-state index in [-0.39, 0.29) is 24.4 Å². The van der Waals surface area contributed by atoms with Gasteiger partial charge in [-0.15, -0.1) is 0 Å². The van der Waals surface area contributed by atoms with E-state index in [4.69, 9.17) is 19.9 Å². The maximum Gasteiger partial charge on any atom is 0.167 e. The quantitative estimate of drug-likeness (QED) is 0.881. The van der Waals surface area contributed by atoms with Crippen molar-refractivity contribution in [1.82, 2.24) is 19.5 Å². The average Bonchev–Trinajstić information content (AvgIpc) is 3.02. The first-order chi connectivity index (χ1) is 10.2. The fourth-order valence-corrected chi connectivity index (χ4v) is 2.92. The molecule has 0 spiro atoms. The van der Waals surface area contributed by atoms with Crippen LogP contribution in [0.25, 0.3) is 11.2 Å². The molecule has 0 saturated carbocycles. The van der Waals surface area contributed by atoms with Crippen LogP contribution in [0.2, 0.25) is 0 Å². The predicted molar refractivity (Wildman–Crippen MR) is 75.5 cm³/mol. The number of hydrogen-bond acceptors (Lipinski definition) is 7. The summed E-state index contributed by atoms with van der Waals surface area (Å²) in [7, 11) is 3.33. The molecule has 114 valence electrons. The van der Waals surface area contributed by atoms with Gasteiger partial charge in [0.05, 0.1) is 19.0 Å². The Bertz CT molecular complexity index is 631. The third-order valence-electron chi connectivity index (χ3n) is 3.91. The van der Waals surface area contributed by atoms with Crippen molar-refractivity contribution >= 4 is 17.0 Å². The Morgan fingerprint density at radius 2 is 2.14 bits per heavy atom. The van der Waals surface area contributed by atoms with Crippen LogP contribution in [0.4, 0.5) is 5.82 Å². The molecule has 3 rings (SSSR count). The zero-order valence-corrected chi connectivity index (χ0v) is 12.3. The average molecular weight is 293 g/mol. The van der Waals surface area contributed by atoms with Crippen LogP contribution in [0.3, 0.4) is 0 Å². The Balaban J connectivity index is 1.97. The van der Waals surface area contributed by atoms with Crippen molar-refractivity contribution in [1.29, 1.82) is 0 Å². The standard InChI is InChI=1S/C13H19N5O3/c1-7-10(20-3)8(4-19-2)21-13(7)18-6-17-9-11(14)15-5-16-12(9)18/h5-8,10,13H,4H2,1-3H3,(H2,14,15,16). The molecule has 1 fully saturated rings. The highest BCUT2D eigenvalue weighted by Gasteiger charge is 2.43. The maximum absolute atomic E-state index is 6.08. The van der Waals surface area contributed by atoms with Crippen LogP contribution in [-0.4, -0.2) is 52.6 Å². The molecule has 0 radical (unpaired) electrons. The SMILES string of the molecule is COCC1OC(n2cnc3c(N)ncnc32)C(C)C1OC. The Kier molecular flexibility index (Phi) is 3.75. The van der Waals surface area contributed by atoms with Gasteiger partial charge in [-0.25, -0.2) is 15.0 Å². The molecule has 0 aliphatic carbocycles. The van der Waals surface area contributed by atoms with E-state index in [9.17, 15) is 0 Å². The lowest BCUT2D eigenvalue weighted by Crippen LogP contribution is -2.31. The van der Waals surface area contributed by atoms with Gasteiger partial charge in [0.15, 0.2) is 11.5 Å². The van der Waals surface area contributed by atoms with E-state index in [0.717, 1.165) is 0 Å². The molecule has 2 aromatic heterocycles. The van der Waals surface area contributed by atoms with Gasteiger partial charge >= 0.3 is 0 Å². The first-order valence-electron chi connectivity index (χ1n) is 6.77. The van der Waals surface area contributed by atoms with Crippen molar-refractivity contribution in [2.24, 2.45) is 5.92 Å². The first-order valence-corrected chi connectivity index (χ1v) is 6.77.